The third-order valence-corrected chi connectivity index (χ3v) is 4.71. The monoisotopic (exact) mass is 389 g/mol. The first-order valence-electron chi connectivity index (χ1n) is 8.79. The highest BCUT2D eigenvalue weighted by Gasteiger charge is 2.16. The molecule has 0 aliphatic carbocycles. The largest absolute Gasteiger partial charge is 0.497 e. The zero-order chi connectivity index (χ0) is 19.6. The highest BCUT2D eigenvalue weighted by atomic mass is 32.2. The maximum absolute atomic E-state index is 11.9. The van der Waals surface area contributed by atoms with E-state index in [1.165, 1.54) is 0 Å². The van der Waals surface area contributed by atoms with Crippen molar-refractivity contribution in [1.82, 2.24) is 25.0 Å². The van der Waals surface area contributed by atoms with Crippen LogP contribution in [0.2, 0.25) is 0 Å². The molecule has 0 unspecified atom stereocenters. The Bertz CT molecular complexity index is 760. The minimum Gasteiger partial charge on any atom is -0.497 e. The van der Waals surface area contributed by atoms with Crippen LogP contribution in [0.25, 0.3) is 5.69 Å². The normalized spacial score (nSPS) is 10.8. The van der Waals surface area contributed by atoms with Crippen LogP contribution in [-0.4, -0.2) is 59.1 Å². The molecule has 7 nitrogen and oxygen atoms in total. The van der Waals surface area contributed by atoms with Crippen LogP contribution in [-0.2, 0) is 11.3 Å². The SMILES string of the molecule is C=CCCC(=O)NCc1nnc(SCCN(C)C)n1-c1cccc(OC)c1. The van der Waals surface area contributed by atoms with E-state index in [9.17, 15) is 4.79 Å². The average Bonchev–Trinajstić information content (AvgIpc) is 3.07. The van der Waals surface area contributed by atoms with Crippen LogP contribution in [0.1, 0.15) is 18.7 Å². The van der Waals surface area contributed by atoms with Gasteiger partial charge in [-0.15, -0.1) is 16.8 Å². The summed E-state index contributed by atoms with van der Waals surface area (Å²) in [5.41, 5.74) is 0.905. The van der Waals surface area contributed by atoms with Crippen molar-refractivity contribution in [2.45, 2.75) is 24.5 Å². The van der Waals surface area contributed by atoms with Crippen molar-refractivity contribution in [3.8, 4) is 11.4 Å². The molecule has 1 aromatic carbocycles. The Morgan fingerprint density at radius 1 is 1.41 bits per heavy atom. The van der Waals surface area contributed by atoms with Crippen LogP contribution in [0.3, 0.4) is 0 Å². The van der Waals surface area contributed by atoms with Gasteiger partial charge in [-0.1, -0.05) is 23.9 Å². The Kier molecular flexibility index (Phi) is 8.35. The summed E-state index contributed by atoms with van der Waals surface area (Å²) >= 11 is 1.63. The van der Waals surface area contributed by atoms with E-state index in [4.69, 9.17) is 4.74 Å². The van der Waals surface area contributed by atoms with Crippen molar-refractivity contribution in [2.24, 2.45) is 0 Å². The van der Waals surface area contributed by atoms with Gasteiger partial charge in [-0.3, -0.25) is 9.36 Å². The molecule has 0 radical (unpaired) electrons. The molecule has 0 aliphatic heterocycles. The third-order valence-electron chi connectivity index (χ3n) is 3.80. The van der Waals surface area contributed by atoms with Crippen LogP contribution >= 0.6 is 11.8 Å². The molecule has 1 heterocycles. The van der Waals surface area contributed by atoms with E-state index in [-0.39, 0.29) is 5.91 Å². The number of rotatable bonds is 11. The fourth-order valence-electron chi connectivity index (χ4n) is 2.34. The van der Waals surface area contributed by atoms with Gasteiger partial charge in [0.2, 0.25) is 5.91 Å². The van der Waals surface area contributed by atoms with E-state index in [2.05, 4.69) is 27.0 Å². The number of methoxy groups -OCH3 is 1. The van der Waals surface area contributed by atoms with Gasteiger partial charge in [0.25, 0.3) is 0 Å². The highest BCUT2D eigenvalue weighted by Crippen LogP contribution is 2.24. The number of hydrogen-bond acceptors (Lipinski definition) is 6. The molecular formula is C19H27N5O2S. The zero-order valence-corrected chi connectivity index (χ0v) is 17.0. The molecule has 1 N–H and O–H groups in total. The molecule has 0 atom stereocenters. The number of nitrogens with one attached hydrogen (secondary N) is 1. The smallest absolute Gasteiger partial charge is 0.220 e. The number of thioether (sulfide) groups is 1. The molecule has 27 heavy (non-hydrogen) atoms. The maximum Gasteiger partial charge on any atom is 0.220 e. The Balaban J connectivity index is 2.23. The van der Waals surface area contributed by atoms with Gasteiger partial charge < -0.3 is 15.0 Å². The summed E-state index contributed by atoms with van der Waals surface area (Å²) in [7, 11) is 5.72. The lowest BCUT2D eigenvalue weighted by Gasteiger charge is -2.13. The van der Waals surface area contributed by atoms with E-state index < -0.39 is 0 Å². The molecule has 2 rings (SSSR count). The molecule has 8 heteroatoms. The summed E-state index contributed by atoms with van der Waals surface area (Å²) in [5.74, 6) is 2.30. The lowest BCUT2D eigenvalue weighted by Crippen LogP contribution is -2.24. The van der Waals surface area contributed by atoms with Gasteiger partial charge >= 0.3 is 0 Å². The van der Waals surface area contributed by atoms with Crippen molar-refractivity contribution in [3.05, 3.63) is 42.7 Å². The van der Waals surface area contributed by atoms with Crippen LogP contribution < -0.4 is 10.1 Å². The number of nitrogens with zero attached hydrogens (tertiary/aromatic N) is 4. The Hall–Kier alpha value is -2.32. The predicted molar refractivity (Wildman–Crippen MR) is 108 cm³/mol. The molecular weight excluding hydrogens is 362 g/mol. The molecule has 0 saturated carbocycles. The van der Waals surface area contributed by atoms with Gasteiger partial charge in [0.05, 0.1) is 19.3 Å². The summed E-state index contributed by atoms with van der Waals surface area (Å²) < 4.78 is 7.31. The second kappa shape index (κ2) is 10.7. The number of allylic oxidation sites excluding steroid dienone is 1. The summed E-state index contributed by atoms with van der Waals surface area (Å²) in [5, 5.41) is 12.3. The first-order valence-corrected chi connectivity index (χ1v) is 9.77. The Morgan fingerprint density at radius 3 is 2.93 bits per heavy atom. The summed E-state index contributed by atoms with van der Waals surface area (Å²) in [6, 6.07) is 7.73. The van der Waals surface area contributed by atoms with Gasteiger partial charge in [-0.25, -0.2) is 0 Å². The molecule has 0 spiro atoms. The Morgan fingerprint density at radius 2 is 2.22 bits per heavy atom. The van der Waals surface area contributed by atoms with E-state index in [1.807, 2.05) is 42.9 Å². The van der Waals surface area contributed by atoms with E-state index in [1.54, 1.807) is 24.9 Å². The second-order valence-electron chi connectivity index (χ2n) is 6.19. The van der Waals surface area contributed by atoms with Gasteiger partial charge in [-0.2, -0.15) is 0 Å². The first-order chi connectivity index (χ1) is 13.0. The van der Waals surface area contributed by atoms with Crippen LogP contribution in [0.5, 0.6) is 5.75 Å². The molecule has 2 aromatic rings. The average molecular weight is 390 g/mol. The van der Waals surface area contributed by atoms with E-state index >= 15 is 0 Å². The van der Waals surface area contributed by atoms with Gasteiger partial charge in [0.1, 0.15) is 5.75 Å². The van der Waals surface area contributed by atoms with Crippen molar-refractivity contribution in [2.75, 3.05) is 33.5 Å². The summed E-state index contributed by atoms with van der Waals surface area (Å²) in [4.78, 5) is 14.1. The molecule has 0 fully saturated rings. The van der Waals surface area contributed by atoms with Crippen LogP contribution in [0.15, 0.2) is 42.1 Å². The second-order valence-corrected chi connectivity index (χ2v) is 7.25. The number of carbonyl (C=O) groups excluding carboxylic acids is 1. The summed E-state index contributed by atoms with van der Waals surface area (Å²) in [6.45, 7) is 4.89. The van der Waals surface area contributed by atoms with Crippen molar-refractivity contribution in [3.63, 3.8) is 0 Å². The van der Waals surface area contributed by atoms with Crippen molar-refractivity contribution < 1.29 is 9.53 Å². The fourth-order valence-corrected chi connectivity index (χ4v) is 3.41. The van der Waals surface area contributed by atoms with E-state index in [0.29, 0.717) is 25.2 Å². The first kappa shape index (κ1) is 21.0. The minimum absolute atomic E-state index is 0.0306. The maximum atomic E-state index is 11.9. The van der Waals surface area contributed by atoms with Crippen molar-refractivity contribution in [1.29, 1.82) is 0 Å². The standard InChI is InChI=1S/C19H27N5O2S/c1-5-6-10-18(25)20-14-17-21-22-19(27-12-11-23(2)3)24(17)15-8-7-9-16(13-15)26-4/h5,7-9,13H,1,6,10-12,14H2,2-4H3,(H,20,25). The number of aromatic nitrogens is 3. The molecule has 1 amide bonds. The quantitative estimate of drug-likeness (QED) is 0.470. The number of carbonyl (C=O) groups is 1. The molecule has 1 aromatic heterocycles. The van der Waals surface area contributed by atoms with Crippen LogP contribution in [0, 0.1) is 0 Å². The molecule has 0 saturated heterocycles. The van der Waals surface area contributed by atoms with Crippen molar-refractivity contribution >= 4 is 17.7 Å². The number of amides is 1. The zero-order valence-electron chi connectivity index (χ0n) is 16.1. The lowest BCUT2D eigenvalue weighted by molar-refractivity contribution is -0.121. The number of benzene rings is 1. The highest BCUT2D eigenvalue weighted by molar-refractivity contribution is 7.99. The molecule has 146 valence electrons. The predicted octanol–water partition coefficient (Wildman–Crippen LogP) is 2.51. The topological polar surface area (TPSA) is 72.3 Å². The molecule has 0 bridgehead atoms. The van der Waals surface area contributed by atoms with E-state index in [0.717, 1.165) is 28.9 Å². The van der Waals surface area contributed by atoms with Crippen LogP contribution in [0.4, 0.5) is 0 Å². The number of ether oxygens (including phenoxy) is 1. The lowest BCUT2D eigenvalue weighted by atomic mass is 10.3. The third kappa shape index (κ3) is 6.41. The van der Waals surface area contributed by atoms with Gasteiger partial charge in [0.15, 0.2) is 11.0 Å². The fraction of sp³-hybridized carbons (Fsp3) is 0.421. The Labute approximate surface area is 164 Å². The van der Waals surface area contributed by atoms with Gasteiger partial charge in [0, 0.05) is 24.8 Å². The van der Waals surface area contributed by atoms with Gasteiger partial charge in [-0.05, 0) is 32.6 Å². The number of hydrogen-bond donors (Lipinski definition) is 1. The minimum atomic E-state index is -0.0306. The summed E-state index contributed by atoms with van der Waals surface area (Å²) in [6.07, 6.45) is 2.80. The molecule has 0 aliphatic rings.